The van der Waals surface area contributed by atoms with Crippen LogP contribution in [0.5, 0.6) is 0 Å². The quantitative estimate of drug-likeness (QED) is 0.672. The largest absolute Gasteiger partial charge is 0.460 e. The molecule has 0 bridgehead atoms. The smallest absolute Gasteiger partial charge is 0.135 e. The van der Waals surface area contributed by atoms with Gasteiger partial charge in [0, 0.05) is 10.6 Å². The van der Waals surface area contributed by atoms with Gasteiger partial charge in [0.25, 0.3) is 0 Å². The van der Waals surface area contributed by atoms with Crippen molar-refractivity contribution >= 4 is 48.0 Å². The van der Waals surface area contributed by atoms with Crippen LogP contribution in [0.2, 0.25) is 10.0 Å². The molecule has 0 fully saturated rings. The van der Waals surface area contributed by atoms with Gasteiger partial charge in [-0.05, 0) is 56.9 Å². The second-order valence-electron chi connectivity index (χ2n) is 4.52. The monoisotopic (exact) mass is 384 g/mol. The summed E-state index contributed by atoms with van der Waals surface area (Å²) in [6.45, 7) is 2.68. The van der Waals surface area contributed by atoms with Crippen molar-refractivity contribution in [2.24, 2.45) is 0 Å². The summed E-state index contributed by atoms with van der Waals surface area (Å²) in [7, 11) is 1.95. The summed E-state index contributed by atoms with van der Waals surface area (Å²) < 4.78 is 5.79. The number of hydrogen-bond donors (Lipinski definition) is 2. The zero-order valence-corrected chi connectivity index (χ0v) is 15.3. The van der Waals surface area contributed by atoms with E-state index >= 15 is 0 Å². The van der Waals surface area contributed by atoms with Crippen LogP contribution >= 0.6 is 48.0 Å². The van der Waals surface area contributed by atoms with Crippen LogP contribution < -0.4 is 10.6 Å². The summed E-state index contributed by atoms with van der Waals surface area (Å²) in [6, 6.07) is 9.29. The van der Waals surface area contributed by atoms with Crippen LogP contribution in [0.1, 0.15) is 12.2 Å². The first kappa shape index (κ1) is 21.6. The van der Waals surface area contributed by atoms with Crippen molar-refractivity contribution in [1.82, 2.24) is 10.6 Å². The van der Waals surface area contributed by atoms with E-state index in [2.05, 4.69) is 10.6 Å². The van der Waals surface area contributed by atoms with E-state index in [0.717, 1.165) is 43.1 Å². The van der Waals surface area contributed by atoms with E-state index in [-0.39, 0.29) is 24.8 Å². The van der Waals surface area contributed by atoms with Crippen LogP contribution in [0.25, 0.3) is 11.3 Å². The predicted octanol–water partition coefficient (Wildman–Crippen LogP) is 4.80. The molecule has 1 aromatic heterocycles. The van der Waals surface area contributed by atoms with Crippen molar-refractivity contribution in [3.8, 4) is 11.3 Å². The number of rotatable bonds is 7. The van der Waals surface area contributed by atoms with E-state index in [0.29, 0.717) is 10.0 Å². The maximum atomic E-state index is 6.17. The Labute approximate surface area is 153 Å². The normalized spacial score (nSPS) is 9.95. The average molecular weight is 386 g/mol. The van der Waals surface area contributed by atoms with Crippen molar-refractivity contribution in [2.45, 2.75) is 13.0 Å². The standard InChI is InChI=1S/C15H18Cl2N2O.2ClH/c1-18-7-2-8-19-10-12-4-6-15(20-12)13-5-3-11(16)9-14(13)17;;/h3-6,9,18-19H,2,7-8,10H2,1H3;2*1H. The van der Waals surface area contributed by atoms with Crippen LogP contribution in [0.15, 0.2) is 34.7 Å². The molecule has 2 N–H and O–H groups in total. The third-order valence-electron chi connectivity index (χ3n) is 2.94. The summed E-state index contributed by atoms with van der Waals surface area (Å²) in [5.41, 5.74) is 0.859. The van der Waals surface area contributed by atoms with Gasteiger partial charge in [-0.15, -0.1) is 24.8 Å². The van der Waals surface area contributed by atoms with Crippen LogP contribution in [0.3, 0.4) is 0 Å². The first-order valence-corrected chi connectivity index (χ1v) is 7.36. The van der Waals surface area contributed by atoms with Gasteiger partial charge in [-0.2, -0.15) is 0 Å². The van der Waals surface area contributed by atoms with Gasteiger partial charge in [-0.3, -0.25) is 0 Å². The van der Waals surface area contributed by atoms with Crippen molar-refractivity contribution in [3.63, 3.8) is 0 Å². The average Bonchev–Trinajstić information content (AvgIpc) is 2.87. The lowest BCUT2D eigenvalue weighted by molar-refractivity contribution is 0.490. The SMILES string of the molecule is CNCCCNCc1ccc(-c2ccc(Cl)cc2Cl)o1.Cl.Cl. The Kier molecular flexibility index (Phi) is 11.0. The van der Waals surface area contributed by atoms with Gasteiger partial charge < -0.3 is 15.1 Å². The summed E-state index contributed by atoms with van der Waals surface area (Å²) in [5, 5.41) is 7.67. The molecule has 7 heteroatoms. The van der Waals surface area contributed by atoms with Crippen LogP contribution in [0.4, 0.5) is 0 Å². The Bertz CT molecular complexity index is 560. The lowest BCUT2D eigenvalue weighted by Gasteiger charge is -2.03. The molecule has 0 spiro atoms. The number of halogens is 4. The second kappa shape index (κ2) is 11.2. The summed E-state index contributed by atoms with van der Waals surface area (Å²) in [4.78, 5) is 0. The van der Waals surface area contributed by atoms with E-state index < -0.39 is 0 Å². The third kappa shape index (κ3) is 6.37. The Balaban J connectivity index is 0.00000220. The summed E-state index contributed by atoms with van der Waals surface area (Å²) in [5.74, 6) is 1.66. The second-order valence-corrected chi connectivity index (χ2v) is 5.37. The molecule has 124 valence electrons. The molecule has 3 nitrogen and oxygen atoms in total. The van der Waals surface area contributed by atoms with Gasteiger partial charge in [-0.25, -0.2) is 0 Å². The number of nitrogens with one attached hydrogen (secondary N) is 2. The highest BCUT2D eigenvalue weighted by molar-refractivity contribution is 6.36. The van der Waals surface area contributed by atoms with Crippen LogP contribution in [-0.2, 0) is 6.54 Å². The van der Waals surface area contributed by atoms with Gasteiger partial charge in [0.15, 0.2) is 0 Å². The van der Waals surface area contributed by atoms with E-state index in [1.807, 2.05) is 25.2 Å². The Morgan fingerprint density at radius 2 is 1.82 bits per heavy atom. The van der Waals surface area contributed by atoms with E-state index in [1.165, 1.54) is 0 Å². The molecule has 2 rings (SSSR count). The molecule has 0 saturated heterocycles. The van der Waals surface area contributed by atoms with Gasteiger partial charge in [0.1, 0.15) is 11.5 Å². The zero-order valence-electron chi connectivity index (χ0n) is 12.2. The third-order valence-corrected chi connectivity index (χ3v) is 3.49. The molecule has 1 heterocycles. The van der Waals surface area contributed by atoms with E-state index in [1.54, 1.807) is 12.1 Å². The minimum atomic E-state index is 0. The van der Waals surface area contributed by atoms with Gasteiger partial charge in [-0.1, -0.05) is 23.2 Å². The van der Waals surface area contributed by atoms with E-state index in [9.17, 15) is 0 Å². The molecule has 0 saturated carbocycles. The summed E-state index contributed by atoms with van der Waals surface area (Å²) >= 11 is 12.1. The number of furan rings is 1. The van der Waals surface area contributed by atoms with Crippen molar-refractivity contribution in [3.05, 3.63) is 46.1 Å². The molecular formula is C15H20Cl4N2O. The lowest BCUT2D eigenvalue weighted by Crippen LogP contribution is -2.19. The van der Waals surface area contributed by atoms with Crippen LogP contribution in [0, 0.1) is 0 Å². The maximum Gasteiger partial charge on any atom is 0.135 e. The zero-order chi connectivity index (χ0) is 14.4. The molecule has 0 aliphatic heterocycles. The minimum absolute atomic E-state index is 0. The van der Waals surface area contributed by atoms with Gasteiger partial charge in [0.2, 0.25) is 0 Å². The van der Waals surface area contributed by atoms with E-state index in [4.69, 9.17) is 27.6 Å². The first-order chi connectivity index (χ1) is 9.70. The van der Waals surface area contributed by atoms with Crippen molar-refractivity contribution in [2.75, 3.05) is 20.1 Å². The molecule has 0 aliphatic carbocycles. The molecule has 0 atom stereocenters. The molecule has 0 radical (unpaired) electrons. The molecule has 1 aromatic carbocycles. The highest BCUT2D eigenvalue weighted by Crippen LogP contribution is 2.31. The highest BCUT2D eigenvalue weighted by Gasteiger charge is 2.08. The molecule has 0 amide bonds. The fourth-order valence-electron chi connectivity index (χ4n) is 1.91. The fourth-order valence-corrected chi connectivity index (χ4v) is 2.41. The molecular weight excluding hydrogens is 366 g/mol. The lowest BCUT2D eigenvalue weighted by atomic mass is 10.2. The molecule has 22 heavy (non-hydrogen) atoms. The predicted molar refractivity (Wildman–Crippen MR) is 98.9 cm³/mol. The van der Waals surface area contributed by atoms with Gasteiger partial charge in [0.05, 0.1) is 11.6 Å². The molecule has 0 unspecified atom stereocenters. The van der Waals surface area contributed by atoms with Crippen molar-refractivity contribution in [1.29, 1.82) is 0 Å². The number of benzene rings is 1. The Morgan fingerprint density at radius 3 is 2.50 bits per heavy atom. The summed E-state index contributed by atoms with van der Waals surface area (Å²) in [6.07, 6.45) is 1.09. The first-order valence-electron chi connectivity index (χ1n) is 6.60. The van der Waals surface area contributed by atoms with Crippen molar-refractivity contribution < 1.29 is 4.42 Å². The Morgan fingerprint density at radius 1 is 1.05 bits per heavy atom. The molecule has 0 aliphatic rings. The molecule has 2 aromatic rings. The fraction of sp³-hybridized carbons (Fsp3) is 0.333. The number of hydrogen-bond acceptors (Lipinski definition) is 3. The highest BCUT2D eigenvalue weighted by atomic mass is 35.5. The van der Waals surface area contributed by atoms with Crippen LogP contribution in [-0.4, -0.2) is 20.1 Å². The Hall–Kier alpha value is -0.420. The topological polar surface area (TPSA) is 37.2 Å². The van der Waals surface area contributed by atoms with Gasteiger partial charge >= 0.3 is 0 Å². The minimum Gasteiger partial charge on any atom is -0.460 e. The maximum absolute atomic E-state index is 6.17.